The van der Waals surface area contributed by atoms with E-state index < -0.39 is 0 Å². The van der Waals surface area contributed by atoms with Gasteiger partial charge in [0.05, 0.1) is 12.2 Å². The average Bonchev–Trinajstić information content (AvgIpc) is 0.841. The third-order valence-electron chi connectivity index (χ3n) is 18.2. The molecular formula is C97H94Cl2N24O2. The van der Waals surface area contributed by atoms with Crippen LogP contribution in [0.5, 0.6) is 0 Å². The van der Waals surface area contributed by atoms with Gasteiger partial charge in [0.2, 0.25) is 71.4 Å². The highest BCUT2D eigenvalue weighted by molar-refractivity contribution is 6.31. The minimum absolute atomic E-state index is 0.330. The molecule has 0 radical (unpaired) electrons. The molecule has 125 heavy (non-hydrogen) atoms. The van der Waals surface area contributed by atoms with Gasteiger partial charge in [-0.05, 0) is 289 Å². The van der Waals surface area contributed by atoms with Crippen LogP contribution in [0.3, 0.4) is 0 Å². The highest BCUT2D eigenvalue weighted by atomic mass is 35.5. The van der Waals surface area contributed by atoms with Gasteiger partial charge in [-0.15, -0.1) is 0 Å². The Hall–Kier alpha value is -15.7. The summed E-state index contributed by atoms with van der Waals surface area (Å²) in [5.41, 5.74) is 21.3. The van der Waals surface area contributed by atoms with Crippen molar-refractivity contribution in [1.82, 2.24) is 59.8 Å². The first-order valence-electron chi connectivity index (χ1n) is 40.3. The first-order valence-corrected chi connectivity index (χ1v) is 41.1. The molecule has 0 atom stereocenters. The summed E-state index contributed by atoms with van der Waals surface area (Å²) < 4.78 is 5.04. The number of aryl methyl sites for hydroxylation is 9. The minimum atomic E-state index is -0.358. The Bertz CT molecular complexity index is 5990. The molecule has 12 aromatic carbocycles. The lowest BCUT2D eigenvalue weighted by Crippen LogP contribution is -2.08. The second kappa shape index (κ2) is 43.0. The topological polar surface area (TPSA) is 325 Å². The number of rotatable bonds is 27. The number of aromatic nitrogens is 12. The maximum Gasteiger partial charge on any atom is 0.338 e. The molecule has 0 aliphatic carbocycles. The van der Waals surface area contributed by atoms with Gasteiger partial charge in [-0.3, -0.25) is 0 Å². The van der Waals surface area contributed by atoms with Crippen molar-refractivity contribution < 1.29 is 9.53 Å². The SMILES string of the molecule is CCOC(=O)c1ccc(Nc2nc(Nc3cccc(C)c3)nc(Nc3cccc(C)c3)n2)cc1.CCc1ccccc1Nc1nc(Nc2cccc(C)c2)nc(Nc2cccc(C)c2)n1.Cc1cccc(Nc2nc(Nc3ccc(Cl)cc3)nc(Nc3cccc(C)c3)n2)c1.Cc1cccc(Nc2nc(Nc3cccc(C)c3)nc(Nc3cccc(Cl)c3)n2)c1. The van der Waals surface area contributed by atoms with E-state index in [1.807, 2.05) is 278 Å². The summed E-state index contributed by atoms with van der Waals surface area (Å²) >= 11 is 12.1. The van der Waals surface area contributed by atoms with Crippen LogP contribution in [0, 0.1) is 55.4 Å². The van der Waals surface area contributed by atoms with Gasteiger partial charge in [-0.25, -0.2) is 4.79 Å². The number of para-hydroxylation sites is 1. The van der Waals surface area contributed by atoms with Gasteiger partial charge in [0, 0.05) is 78.3 Å². The number of anilines is 24. The number of nitrogens with zero attached hydrogens (tertiary/aromatic N) is 12. The van der Waals surface area contributed by atoms with E-state index in [0.29, 0.717) is 93.6 Å². The largest absolute Gasteiger partial charge is 0.462 e. The molecule has 4 aromatic heterocycles. The lowest BCUT2D eigenvalue weighted by atomic mass is 10.1. The predicted molar refractivity (Wildman–Crippen MR) is 509 cm³/mol. The van der Waals surface area contributed by atoms with Crippen LogP contribution < -0.4 is 63.8 Å². The number of esters is 1. The fourth-order valence-corrected chi connectivity index (χ4v) is 12.8. The Morgan fingerprint density at radius 2 is 0.464 bits per heavy atom. The number of ether oxygens (including phenoxy) is 1. The van der Waals surface area contributed by atoms with E-state index in [-0.39, 0.29) is 5.97 Å². The Balaban J connectivity index is 0.000000143. The normalized spacial score (nSPS) is 10.5. The number of benzene rings is 12. The molecule has 0 aliphatic rings. The maximum absolute atomic E-state index is 11.9. The highest BCUT2D eigenvalue weighted by Crippen LogP contribution is 2.30. The van der Waals surface area contributed by atoms with Crippen molar-refractivity contribution in [2.24, 2.45) is 0 Å². The second-order valence-electron chi connectivity index (χ2n) is 29.0. The van der Waals surface area contributed by atoms with Crippen LogP contribution >= 0.6 is 23.2 Å². The minimum Gasteiger partial charge on any atom is -0.462 e. The van der Waals surface area contributed by atoms with Gasteiger partial charge in [0.1, 0.15) is 0 Å². The Kier molecular flexibility index (Phi) is 30.0. The molecule has 0 saturated heterocycles. The first kappa shape index (κ1) is 87.2. The summed E-state index contributed by atoms with van der Waals surface area (Å²) in [4.78, 5) is 66.4. The lowest BCUT2D eigenvalue weighted by molar-refractivity contribution is 0.0526. The third kappa shape index (κ3) is 27.7. The molecule has 4 heterocycles. The summed E-state index contributed by atoms with van der Waals surface area (Å²) in [5.74, 6) is 4.71. The number of carbonyl (C=O) groups is 1. The van der Waals surface area contributed by atoms with Gasteiger partial charge in [-0.1, -0.05) is 151 Å². The van der Waals surface area contributed by atoms with Crippen LogP contribution in [0.4, 0.5) is 140 Å². The quantitative estimate of drug-likeness (QED) is 0.0213. The Labute approximate surface area is 736 Å². The molecule has 0 amide bonds. The number of halogens is 2. The van der Waals surface area contributed by atoms with Crippen molar-refractivity contribution in [2.45, 2.75) is 75.7 Å². The number of hydrogen-bond donors (Lipinski definition) is 12. The van der Waals surface area contributed by atoms with E-state index in [2.05, 4.69) is 175 Å². The van der Waals surface area contributed by atoms with Crippen LogP contribution in [0.25, 0.3) is 0 Å². The average molecular weight is 1700 g/mol. The zero-order chi connectivity index (χ0) is 87.4. The summed E-state index contributed by atoms with van der Waals surface area (Å²) in [5, 5.41) is 40.3. The molecule has 28 heteroatoms. The van der Waals surface area contributed by atoms with E-state index in [9.17, 15) is 4.79 Å². The predicted octanol–water partition coefficient (Wildman–Crippen LogP) is 24.9. The summed E-state index contributed by atoms with van der Waals surface area (Å²) in [7, 11) is 0. The van der Waals surface area contributed by atoms with Crippen LogP contribution in [-0.2, 0) is 11.2 Å². The van der Waals surface area contributed by atoms with Crippen LogP contribution in [0.1, 0.15) is 74.3 Å². The van der Waals surface area contributed by atoms with Crippen LogP contribution in [0.2, 0.25) is 10.0 Å². The standard InChI is InChI=1S/C26H26N6O2.C25H26N6.2C23H21ClN6/c1-4-34-23(33)19-11-13-20(14-12-19)27-24-30-25(28-21-9-5-7-17(2)15-21)32-26(31-24)29-22-10-6-8-18(3)16-22;1-4-19-11-5-6-14-22(19)28-25-30-23(26-20-12-7-9-17(2)15-20)29-24(31-25)27-21-13-8-10-18(3)16-21;1-15-6-3-9-18(12-15)25-21-28-22(26-19-10-4-7-16(2)13-19)30-23(29-21)27-20-11-5-8-17(24)14-20;1-15-5-3-7-19(13-15)26-22-28-21(25-18-11-9-17(24)10-12-18)29-23(30-22)27-20-8-4-6-16(2)14-20/h5-16H,4H2,1-3H3,(H3,27,28,29,30,31,32);5-16H,4H2,1-3H3,(H3,26,27,28,29,30,31);2*3-14H,1-2H3,(H3,25,26,27,28,29,30). The van der Waals surface area contributed by atoms with Gasteiger partial charge < -0.3 is 68.5 Å². The molecule has 26 nitrogen and oxygen atoms in total. The zero-order valence-corrected chi connectivity index (χ0v) is 72.1. The van der Waals surface area contributed by atoms with Gasteiger partial charge >= 0.3 is 5.97 Å². The molecule has 0 saturated carbocycles. The fourth-order valence-electron chi connectivity index (χ4n) is 12.5. The third-order valence-corrected chi connectivity index (χ3v) is 18.7. The summed E-state index contributed by atoms with van der Waals surface area (Å²) in [6, 6.07) is 94.0. The van der Waals surface area contributed by atoms with Crippen LogP contribution in [0.15, 0.2) is 291 Å². The fraction of sp³-hybridized carbons (Fsp3) is 0.124. The molecule has 0 unspecified atom stereocenters. The molecular weight excluding hydrogens is 1600 g/mol. The highest BCUT2D eigenvalue weighted by Gasteiger charge is 2.17. The van der Waals surface area contributed by atoms with E-state index in [4.69, 9.17) is 27.9 Å². The number of hydrogen-bond acceptors (Lipinski definition) is 26. The van der Waals surface area contributed by atoms with Crippen molar-refractivity contribution in [2.75, 3.05) is 70.4 Å². The number of nitrogens with one attached hydrogen (secondary N) is 12. The van der Waals surface area contributed by atoms with Crippen molar-refractivity contribution in [3.05, 3.63) is 357 Å². The molecule has 16 rings (SSSR count). The Morgan fingerprint density at radius 3 is 0.704 bits per heavy atom. The van der Waals surface area contributed by atoms with Gasteiger partial charge in [0.15, 0.2) is 0 Å². The van der Waals surface area contributed by atoms with Crippen molar-refractivity contribution in [3.8, 4) is 0 Å². The van der Waals surface area contributed by atoms with E-state index >= 15 is 0 Å². The van der Waals surface area contributed by atoms with Crippen molar-refractivity contribution in [1.29, 1.82) is 0 Å². The molecule has 0 spiro atoms. The summed E-state index contributed by atoms with van der Waals surface area (Å²) in [6.45, 7) is 20.5. The monoisotopic (exact) mass is 1700 g/mol. The van der Waals surface area contributed by atoms with Gasteiger partial charge in [-0.2, -0.15) is 59.8 Å². The van der Waals surface area contributed by atoms with Crippen molar-refractivity contribution >= 4 is 169 Å². The Morgan fingerprint density at radius 1 is 0.240 bits per heavy atom. The van der Waals surface area contributed by atoms with E-state index in [1.165, 1.54) is 5.56 Å². The molecule has 628 valence electrons. The zero-order valence-electron chi connectivity index (χ0n) is 70.6. The first-order chi connectivity index (χ1) is 60.6. The lowest BCUT2D eigenvalue weighted by Gasteiger charge is -2.13. The van der Waals surface area contributed by atoms with Crippen molar-refractivity contribution in [3.63, 3.8) is 0 Å². The molecule has 12 N–H and O–H groups in total. The second-order valence-corrected chi connectivity index (χ2v) is 29.9. The van der Waals surface area contributed by atoms with Crippen LogP contribution in [-0.4, -0.2) is 72.4 Å². The molecule has 0 aliphatic heterocycles. The van der Waals surface area contributed by atoms with Gasteiger partial charge in [0.25, 0.3) is 0 Å². The maximum atomic E-state index is 11.9. The molecule has 0 fully saturated rings. The molecule has 16 aromatic rings. The van der Waals surface area contributed by atoms with E-state index in [0.717, 1.165) is 119 Å². The summed E-state index contributed by atoms with van der Waals surface area (Å²) in [6.07, 6.45) is 0.914. The number of carbonyl (C=O) groups excluding carboxylic acids is 1. The van der Waals surface area contributed by atoms with E-state index in [1.54, 1.807) is 31.2 Å². The molecule has 0 bridgehead atoms. The smallest absolute Gasteiger partial charge is 0.338 e.